The Hall–Kier alpha value is -3.59. The van der Waals surface area contributed by atoms with Crippen molar-refractivity contribution in [3.8, 4) is 17.6 Å². The van der Waals surface area contributed by atoms with Gasteiger partial charge in [0.1, 0.15) is 6.07 Å². The molecule has 28 heavy (non-hydrogen) atoms. The molecule has 0 heterocycles. The average Bonchev–Trinajstić information content (AvgIpc) is 2.74. The van der Waals surface area contributed by atoms with Crippen molar-refractivity contribution in [3.63, 3.8) is 0 Å². The van der Waals surface area contributed by atoms with Crippen LogP contribution in [0, 0.1) is 11.3 Å². The van der Waals surface area contributed by atoms with Gasteiger partial charge in [-0.3, -0.25) is 4.79 Å². The van der Waals surface area contributed by atoms with Crippen LogP contribution in [-0.4, -0.2) is 32.1 Å². The molecule has 0 spiro atoms. The Labute approximate surface area is 164 Å². The van der Waals surface area contributed by atoms with E-state index in [1.807, 2.05) is 25.1 Å². The van der Waals surface area contributed by atoms with Gasteiger partial charge in [0.2, 0.25) is 0 Å². The molecule has 2 aromatic rings. The van der Waals surface area contributed by atoms with E-state index in [-0.39, 0.29) is 19.0 Å². The van der Waals surface area contributed by atoms with Crippen molar-refractivity contribution >= 4 is 17.8 Å². The lowest BCUT2D eigenvalue weighted by Crippen LogP contribution is -2.12. The molecule has 0 saturated heterocycles. The predicted octanol–water partition coefficient (Wildman–Crippen LogP) is 3.60. The molecule has 6 nitrogen and oxygen atoms in total. The molecule has 144 valence electrons. The van der Waals surface area contributed by atoms with Crippen LogP contribution in [0.25, 0.3) is 6.08 Å². The number of carbonyl (C=O) groups is 2. The van der Waals surface area contributed by atoms with Gasteiger partial charge in [0.15, 0.2) is 30.5 Å². The summed E-state index contributed by atoms with van der Waals surface area (Å²) in [5, 5.41) is 8.57. The summed E-state index contributed by atoms with van der Waals surface area (Å²) in [6, 6.07) is 14.1. The highest BCUT2D eigenvalue weighted by molar-refractivity contribution is 5.98. The van der Waals surface area contributed by atoms with Gasteiger partial charge in [-0.25, -0.2) is 4.79 Å². The first-order valence-electron chi connectivity index (χ1n) is 8.72. The highest BCUT2D eigenvalue weighted by Crippen LogP contribution is 2.28. The minimum absolute atomic E-state index is 0.0902. The monoisotopic (exact) mass is 379 g/mol. The van der Waals surface area contributed by atoms with Crippen molar-refractivity contribution in [3.05, 3.63) is 65.2 Å². The number of ketones is 1. The molecule has 0 atom stereocenters. The van der Waals surface area contributed by atoms with Crippen LogP contribution in [0.2, 0.25) is 0 Å². The summed E-state index contributed by atoms with van der Waals surface area (Å²) < 4.78 is 15.4. The number of rotatable bonds is 9. The third-order valence-electron chi connectivity index (χ3n) is 3.92. The number of nitriles is 1. The molecule has 2 aromatic carbocycles. The Balaban J connectivity index is 1.92. The lowest BCUT2D eigenvalue weighted by Gasteiger charge is -2.08. The smallest absolute Gasteiger partial charge is 0.331 e. The number of hydrogen-bond acceptors (Lipinski definition) is 6. The summed E-state index contributed by atoms with van der Waals surface area (Å²) in [7, 11) is 1.48. The van der Waals surface area contributed by atoms with Crippen LogP contribution in [-0.2, 0) is 16.0 Å². The van der Waals surface area contributed by atoms with E-state index in [4.69, 9.17) is 19.5 Å². The molecule has 6 heteroatoms. The molecular formula is C22H21NO5. The minimum Gasteiger partial charge on any atom is -0.493 e. The van der Waals surface area contributed by atoms with Gasteiger partial charge in [0.05, 0.1) is 7.11 Å². The van der Waals surface area contributed by atoms with Gasteiger partial charge in [-0.15, -0.1) is 0 Å². The summed E-state index contributed by atoms with van der Waals surface area (Å²) in [6.07, 6.45) is 3.67. The molecule has 0 aromatic heterocycles. The normalized spacial score (nSPS) is 10.3. The molecule has 0 bridgehead atoms. The summed E-state index contributed by atoms with van der Waals surface area (Å²) in [5.41, 5.74) is 2.32. The molecule has 0 saturated carbocycles. The number of aryl methyl sites for hydroxylation is 1. The zero-order chi connectivity index (χ0) is 20.4. The van der Waals surface area contributed by atoms with E-state index in [1.165, 1.54) is 13.2 Å². The Bertz CT molecular complexity index is 894. The number of Topliss-reactive ketones (excluding diaryl/α,β-unsaturated/α-hetero) is 1. The van der Waals surface area contributed by atoms with Crippen molar-refractivity contribution in [1.29, 1.82) is 5.26 Å². The van der Waals surface area contributed by atoms with E-state index < -0.39 is 5.97 Å². The molecule has 0 radical (unpaired) electrons. The van der Waals surface area contributed by atoms with Gasteiger partial charge >= 0.3 is 5.97 Å². The molecule has 2 rings (SSSR count). The van der Waals surface area contributed by atoms with Gasteiger partial charge in [0.25, 0.3) is 0 Å². The number of ether oxygens (including phenoxy) is 3. The number of nitrogens with zero attached hydrogens (tertiary/aromatic N) is 1. The van der Waals surface area contributed by atoms with E-state index >= 15 is 0 Å². The van der Waals surface area contributed by atoms with E-state index in [9.17, 15) is 9.59 Å². The van der Waals surface area contributed by atoms with Gasteiger partial charge in [-0.05, 0) is 35.8 Å². The van der Waals surface area contributed by atoms with Crippen molar-refractivity contribution in [2.45, 2.75) is 13.3 Å². The maximum Gasteiger partial charge on any atom is 0.331 e. The number of methoxy groups -OCH3 is 1. The summed E-state index contributed by atoms with van der Waals surface area (Å²) in [5.74, 6) is -0.00712. The molecule has 0 aliphatic heterocycles. The number of hydrogen-bond donors (Lipinski definition) is 0. The van der Waals surface area contributed by atoms with E-state index in [0.29, 0.717) is 22.6 Å². The van der Waals surface area contributed by atoms with E-state index in [1.54, 1.807) is 36.4 Å². The topological polar surface area (TPSA) is 85.6 Å². The first-order chi connectivity index (χ1) is 13.6. The third kappa shape index (κ3) is 5.99. The standard InChI is InChI=1S/C22H21NO5/c1-3-16-4-8-18(9-5-16)19(24)15-28-22(25)11-7-17-6-10-20(27-13-12-23)21(14-17)26-2/h4-11,14H,3,13,15H2,1-2H3. The second-order valence-electron chi connectivity index (χ2n) is 5.77. The molecule has 0 N–H and O–H groups in total. The third-order valence-corrected chi connectivity index (χ3v) is 3.92. The molecule has 0 unspecified atom stereocenters. The van der Waals surface area contributed by atoms with Gasteiger partial charge in [-0.2, -0.15) is 5.26 Å². The number of esters is 1. The van der Waals surface area contributed by atoms with E-state index in [0.717, 1.165) is 12.0 Å². The fraction of sp³-hybridized carbons (Fsp3) is 0.227. The van der Waals surface area contributed by atoms with Gasteiger partial charge < -0.3 is 14.2 Å². The van der Waals surface area contributed by atoms with Crippen LogP contribution in [0.1, 0.15) is 28.4 Å². The zero-order valence-corrected chi connectivity index (χ0v) is 15.8. The maximum absolute atomic E-state index is 12.1. The molecule has 0 fully saturated rings. The molecule has 0 aliphatic carbocycles. The van der Waals surface area contributed by atoms with Crippen molar-refractivity contribution < 1.29 is 23.8 Å². The first kappa shape index (κ1) is 20.7. The Morgan fingerprint density at radius 1 is 1.11 bits per heavy atom. The van der Waals surface area contributed by atoms with Crippen molar-refractivity contribution in [1.82, 2.24) is 0 Å². The molecule has 0 aliphatic rings. The number of carbonyl (C=O) groups excluding carboxylic acids is 2. The van der Waals surface area contributed by atoms with Crippen molar-refractivity contribution in [2.24, 2.45) is 0 Å². The van der Waals surface area contributed by atoms with Crippen LogP contribution in [0.4, 0.5) is 0 Å². The Morgan fingerprint density at radius 2 is 1.86 bits per heavy atom. The van der Waals surface area contributed by atoms with Crippen LogP contribution in [0.15, 0.2) is 48.5 Å². The number of benzene rings is 2. The molecule has 0 amide bonds. The second kappa shape index (κ2) is 10.5. The predicted molar refractivity (Wildman–Crippen MR) is 104 cm³/mol. The zero-order valence-electron chi connectivity index (χ0n) is 15.8. The average molecular weight is 379 g/mol. The quantitative estimate of drug-likeness (QED) is 0.376. The minimum atomic E-state index is -0.623. The fourth-order valence-electron chi connectivity index (χ4n) is 2.38. The lowest BCUT2D eigenvalue weighted by atomic mass is 10.1. The van der Waals surface area contributed by atoms with Crippen LogP contribution < -0.4 is 9.47 Å². The summed E-state index contributed by atoms with van der Waals surface area (Å²) >= 11 is 0. The summed E-state index contributed by atoms with van der Waals surface area (Å²) in [4.78, 5) is 23.9. The summed E-state index contributed by atoms with van der Waals surface area (Å²) in [6.45, 7) is 1.62. The second-order valence-corrected chi connectivity index (χ2v) is 5.77. The molecular weight excluding hydrogens is 358 g/mol. The lowest BCUT2D eigenvalue weighted by molar-refractivity contribution is -0.136. The van der Waals surface area contributed by atoms with Gasteiger partial charge in [0, 0.05) is 11.6 Å². The highest BCUT2D eigenvalue weighted by Gasteiger charge is 2.09. The van der Waals surface area contributed by atoms with Crippen molar-refractivity contribution in [2.75, 3.05) is 20.3 Å². The largest absolute Gasteiger partial charge is 0.493 e. The Morgan fingerprint density at radius 3 is 2.50 bits per heavy atom. The Kier molecular flexibility index (Phi) is 7.79. The van der Waals surface area contributed by atoms with Crippen LogP contribution >= 0.6 is 0 Å². The fourth-order valence-corrected chi connectivity index (χ4v) is 2.38. The SMILES string of the molecule is CCc1ccc(C(=O)COC(=O)C=Cc2ccc(OCC#N)c(OC)c2)cc1. The van der Waals surface area contributed by atoms with Crippen LogP contribution in [0.5, 0.6) is 11.5 Å². The maximum atomic E-state index is 12.1. The first-order valence-corrected chi connectivity index (χ1v) is 8.72. The van der Waals surface area contributed by atoms with Gasteiger partial charge in [-0.1, -0.05) is 37.3 Å². The van der Waals surface area contributed by atoms with E-state index in [2.05, 4.69) is 0 Å². The highest BCUT2D eigenvalue weighted by atomic mass is 16.5. The van der Waals surface area contributed by atoms with Crippen LogP contribution in [0.3, 0.4) is 0 Å².